The highest BCUT2D eigenvalue weighted by Crippen LogP contribution is 2.44. The first-order valence-electron chi connectivity index (χ1n) is 18.5. The first-order valence-corrected chi connectivity index (χ1v) is 18.5. The van der Waals surface area contributed by atoms with Gasteiger partial charge in [-0.05, 0) is 74.9 Å². The Balaban J connectivity index is 1.82. The van der Waals surface area contributed by atoms with Crippen LogP contribution in [0.4, 0.5) is 0 Å². The minimum atomic E-state index is -1.92. The minimum Gasteiger partial charge on any atom is -0.459 e. The number of ether oxygens (including phenoxy) is 7. The number of likely N-dealkylation sites (N-methyl/N-ethyl adjacent to an activating group) is 1. The molecule has 0 saturated carbocycles. The quantitative estimate of drug-likeness (QED) is 0.330. The molecule has 50 heavy (non-hydrogen) atoms. The Labute approximate surface area is 298 Å². The average Bonchev–Trinajstić information content (AvgIpc) is 3.45. The van der Waals surface area contributed by atoms with E-state index in [0.717, 1.165) is 0 Å². The smallest absolute Gasteiger partial charge is 0.311 e. The van der Waals surface area contributed by atoms with Gasteiger partial charge >= 0.3 is 5.97 Å². The van der Waals surface area contributed by atoms with Crippen molar-refractivity contribution >= 4 is 11.8 Å². The number of rotatable bonds is 7. The fourth-order valence-corrected chi connectivity index (χ4v) is 8.81. The first kappa shape index (κ1) is 41.5. The largest absolute Gasteiger partial charge is 0.459 e. The van der Waals surface area contributed by atoms with Crippen LogP contribution >= 0.6 is 0 Å². The molecule has 4 rings (SSSR count). The predicted octanol–water partition coefficient (Wildman–Crippen LogP) is 2.83. The molecule has 0 aromatic rings. The number of nitrogens with zero attached hydrogens (tertiary/aromatic N) is 1. The molecule has 0 radical (unpaired) electrons. The lowest BCUT2D eigenvalue weighted by Gasteiger charge is -2.48. The second kappa shape index (κ2) is 16.0. The Hall–Kier alpha value is -1.26. The highest BCUT2D eigenvalue weighted by molar-refractivity contribution is 5.84. The molecule has 3 N–H and O–H groups in total. The lowest BCUT2D eigenvalue weighted by Crippen LogP contribution is -2.60. The molecule has 4 aliphatic heterocycles. The molecule has 0 unspecified atom stereocenters. The van der Waals surface area contributed by atoms with Crippen LogP contribution in [0.5, 0.6) is 0 Å². The van der Waals surface area contributed by atoms with Gasteiger partial charge in [-0.1, -0.05) is 20.8 Å². The van der Waals surface area contributed by atoms with Crippen LogP contribution < -0.4 is 0 Å². The molecule has 0 aromatic carbocycles. The fraction of sp³-hybridized carbons (Fsp3) is 0.946. The number of methoxy groups -OCH3 is 1. The molecule has 0 spiro atoms. The van der Waals surface area contributed by atoms with E-state index in [1.807, 2.05) is 53.6 Å². The molecule has 4 saturated heterocycles. The van der Waals surface area contributed by atoms with Crippen molar-refractivity contribution in [1.29, 1.82) is 0 Å². The number of hydrogen-bond acceptors (Lipinski definition) is 13. The van der Waals surface area contributed by atoms with Crippen molar-refractivity contribution in [1.82, 2.24) is 4.90 Å². The summed E-state index contributed by atoms with van der Waals surface area (Å²) in [7, 11) is 5.46. The normalized spacial score (nSPS) is 49.8. The SMILES string of the molecule is CC[C@H]1OC(=O)[C@H](C)[C@@H](O[C@H]2C[C@@](C)(OC)C[C@H](C)O2)[C@H](C)[C@@H](O[C@@H]2O[C@H](C)C[C@H](N(C)C)[C@H]2O)[C@@]2(C)C[C@@H](CO2)C(=O)[C@H](C)[C@@H](O)[C@]1(C)O. The van der Waals surface area contributed by atoms with Gasteiger partial charge in [0.05, 0.1) is 54.2 Å². The van der Waals surface area contributed by atoms with E-state index in [4.69, 9.17) is 33.2 Å². The molecule has 4 heterocycles. The summed E-state index contributed by atoms with van der Waals surface area (Å²) in [6.45, 7) is 16.1. The van der Waals surface area contributed by atoms with E-state index in [-0.39, 0.29) is 43.5 Å². The number of aliphatic hydroxyl groups excluding tert-OH is 2. The molecular formula is C37H65NO12. The fourth-order valence-electron chi connectivity index (χ4n) is 8.81. The Morgan fingerprint density at radius 2 is 1.58 bits per heavy atom. The Morgan fingerprint density at radius 1 is 0.920 bits per heavy atom. The summed E-state index contributed by atoms with van der Waals surface area (Å²) in [5, 5.41) is 34.5. The zero-order valence-electron chi connectivity index (χ0n) is 32.3. The van der Waals surface area contributed by atoms with Crippen LogP contribution in [0.2, 0.25) is 0 Å². The van der Waals surface area contributed by atoms with E-state index in [2.05, 4.69) is 0 Å². The van der Waals surface area contributed by atoms with Crippen molar-refractivity contribution in [2.75, 3.05) is 27.8 Å². The second-order valence-electron chi connectivity index (χ2n) is 16.5. The van der Waals surface area contributed by atoms with Crippen molar-refractivity contribution in [3.05, 3.63) is 0 Å². The van der Waals surface area contributed by atoms with Gasteiger partial charge in [0, 0.05) is 43.7 Å². The van der Waals surface area contributed by atoms with Gasteiger partial charge in [0.2, 0.25) is 0 Å². The number of Topliss-reactive ketones (excluding diaryl/α,β-unsaturated/α-hetero) is 1. The Kier molecular flexibility index (Phi) is 13.3. The molecule has 4 aliphatic rings. The molecule has 13 nitrogen and oxygen atoms in total. The third-order valence-corrected chi connectivity index (χ3v) is 12.0. The standard InChI is InChI=1S/C37H65NO12/c1-13-26-37(9,43)31(41)21(4)28(39)24-16-36(8,45-18-24)32(50-34-29(40)25(38(10)11)14-19(2)47-34)22(5)30(23(6)33(42)48-26)49-27-17-35(7,44-12)15-20(3)46-27/h19-27,29-32,34,40-41,43H,13-18H2,1-12H3/t19-,20+,21+,22+,23-,24+,25+,26-,27+,29-,30+,31-,32-,34+,35+,36-,37-/m1/s1. The third kappa shape index (κ3) is 8.58. The molecule has 13 heteroatoms. The molecule has 0 aliphatic carbocycles. The van der Waals surface area contributed by atoms with Gasteiger partial charge in [0.15, 0.2) is 12.6 Å². The molecule has 0 amide bonds. The summed E-state index contributed by atoms with van der Waals surface area (Å²) in [6, 6.07) is -0.241. The third-order valence-electron chi connectivity index (χ3n) is 12.0. The maximum Gasteiger partial charge on any atom is 0.311 e. The Bertz CT molecular complexity index is 1170. The van der Waals surface area contributed by atoms with Gasteiger partial charge < -0.3 is 53.4 Å². The van der Waals surface area contributed by atoms with E-state index in [0.29, 0.717) is 19.3 Å². The van der Waals surface area contributed by atoms with Crippen molar-refractivity contribution in [3.63, 3.8) is 0 Å². The molecule has 17 atom stereocenters. The second-order valence-corrected chi connectivity index (χ2v) is 16.5. The highest BCUT2D eigenvalue weighted by atomic mass is 16.7. The van der Waals surface area contributed by atoms with Crippen molar-refractivity contribution in [2.24, 2.45) is 23.7 Å². The van der Waals surface area contributed by atoms with E-state index in [9.17, 15) is 24.9 Å². The number of carbonyl (C=O) groups is 2. The van der Waals surface area contributed by atoms with Crippen molar-refractivity contribution in [2.45, 2.75) is 173 Å². The monoisotopic (exact) mass is 715 g/mol. The number of esters is 1. The van der Waals surface area contributed by atoms with Gasteiger partial charge in [-0.3, -0.25) is 9.59 Å². The maximum absolute atomic E-state index is 14.1. The van der Waals surface area contributed by atoms with Crippen LogP contribution in [0.15, 0.2) is 0 Å². The molecule has 4 fully saturated rings. The van der Waals surface area contributed by atoms with Crippen LogP contribution in [0, 0.1) is 23.7 Å². The number of aliphatic hydroxyl groups is 3. The van der Waals surface area contributed by atoms with Crippen LogP contribution in [-0.4, -0.2) is 138 Å². The summed E-state index contributed by atoms with van der Waals surface area (Å²) >= 11 is 0. The van der Waals surface area contributed by atoms with Crippen LogP contribution in [-0.2, 0) is 42.7 Å². The summed E-state index contributed by atoms with van der Waals surface area (Å²) in [5.41, 5.74) is -3.56. The lowest BCUT2D eigenvalue weighted by molar-refractivity contribution is -0.309. The van der Waals surface area contributed by atoms with Crippen LogP contribution in [0.1, 0.15) is 94.4 Å². The van der Waals surface area contributed by atoms with E-state index < -0.39 is 89.5 Å². The number of hydrogen-bond donors (Lipinski definition) is 3. The number of cyclic esters (lactones) is 1. The Morgan fingerprint density at radius 3 is 2.18 bits per heavy atom. The molecule has 2 bridgehead atoms. The number of fused-ring (bicyclic) bond motifs is 2. The van der Waals surface area contributed by atoms with E-state index >= 15 is 0 Å². The van der Waals surface area contributed by atoms with Crippen molar-refractivity contribution in [3.8, 4) is 0 Å². The van der Waals surface area contributed by atoms with E-state index in [1.54, 1.807) is 27.9 Å². The maximum atomic E-state index is 14.1. The number of ketones is 1. The van der Waals surface area contributed by atoms with Crippen LogP contribution in [0.3, 0.4) is 0 Å². The number of carbonyl (C=O) groups excluding carboxylic acids is 2. The van der Waals surface area contributed by atoms with Gasteiger partial charge in [0.25, 0.3) is 0 Å². The summed E-state index contributed by atoms with van der Waals surface area (Å²) < 4.78 is 44.4. The topological polar surface area (TPSA) is 163 Å². The van der Waals surface area contributed by atoms with Gasteiger partial charge in [-0.2, -0.15) is 0 Å². The highest BCUT2D eigenvalue weighted by Gasteiger charge is 2.56. The summed E-state index contributed by atoms with van der Waals surface area (Å²) in [5.74, 6) is -4.04. The lowest BCUT2D eigenvalue weighted by atomic mass is 9.75. The first-order chi connectivity index (χ1) is 23.2. The average molecular weight is 716 g/mol. The van der Waals surface area contributed by atoms with Gasteiger partial charge in [-0.15, -0.1) is 0 Å². The summed E-state index contributed by atoms with van der Waals surface area (Å²) in [4.78, 5) is 30.0. The zero-order chi connectivity index (χ0) is 37.5. The van der Waals surface area contributed by atoms with Crippen molar-refractivity contribution < 1.29 is 58.1 Å². The van der Waals surface area contributed by atoms with E-state index in [1.165, 1.54) is 6.92 Å². The van der Waals surface area contributed by atoms with Gasteiger partial charge in [-0.25, -0.2) is 0 Å². The molecule has 0 aromatic heterocycles. The summed E-state index contributed by atoms with van der Waals surface area (Å²) in [6.07, 6.45) is -5.50. The van der Waals surface area contributed by atoms with Crippen LogP contribution in [0.25, 0.3) is 0 Å². The predicted molar refractivity (Wildman–Crippen MR) is 183 cm³/mol. The van der Waals surface area contributed by atoms with Gasteiger partial charge in [0.1, 0.15) is 23.6 Å². The molecule has 290 valence electrons. The zero-order valence-corrected chi connectivity index (χ0v) is 32.3. The minimum absolute atomic E-state index is 0.0646. The molecular weight excluding hydrogens is 650 g/mol.